The summed E-state index contributed by atoms with van der Waals surface area (Å²) in [6.07, 6.45) is 7.19. The molecule has 0 atom stereocenters. The second kappa shape index (κ2) is 9.27. The maximum absolute atomic E-state index is 2.56. The van der Waals surface area contributed by atoms with E-state index in [-0.39, 0.29) is 5.41 Å². The van der Waals surface area contributed by atoms with Gasteiger partial charge in [0.25, 0.3) is 0 Å². The van der Waals surface area contributed by atoms with Gasteiger partial charge in [-0.1, -0.05) is 78.9 Å². The number of para-hydroxylation sites is 1. The Morgan fingerprint density at radius 3 is 1.98 bits per heavy atom. The highest BCUT2D eigenvalue weighted by atomic mass is 32.1. The molecule has 1 nitrogen and oxygen atoms in total. The molecule has 0 amide bonds. The van der Waals surface area contributed by atoms with Crippen molar-refractivity contribution in [2.75, 3.05) is 0 Å². The van der Waals surface area contributed by atoms with Crippen molar-refractivity contribution in [3.8, 4) is 27.9 Å². The van der Waals surface area contributed by atoms with Crippen molar-refractivity contribution in [1.82, 2.24) is 4.57 Å². The zero-order valence-corrected chi connectivity index (χ0v) is 27.6. The van der Waals surface area contributed by atoms with Crippen molar-refractivity contribution < 1.29 is 0 Å². The molecule has 230 valence electrons. The van der Waals surface area contributed by atoms with E-state index >= 15 is 0 Å². The number of nitrogens with zero attached hydrogens (tertiary/aromatic N) is 1. The third-order valence-electron chi connectivity index (χ3n) is 13.2. The van der Waals surface area contributed by atoms with E-state index in [9.17, 15) is 0 Å². The van der Waals surface area contributed by atoms with Gasteiger partial charge in [-0.3, -0.25) is 0 Å². The zero-order chi connectivity index (χ0) is 31.1. The molecule has 5 aliphatic rings. The summed E-state index contributed by atoms with van der Waals surface area (Å²) in [5.41, 5.74) is 12.8. The van der Waals surface area contributed by atoms with Gasteiger partial charge >= 0.3 is 0 Å². The Balaban J connectivity index is 1.04. The molecule has 48 heavy (non-hydrogen) atoms. The molecule has 4 bridgehead atoms. The lowest BCUT2D eigenvalue weighted by atomic mass is 9.43. The number of aromatic nitrogens is 1. The van der Waals surface area contributed by atoms with Gasteiger partial charge in [0.1, 0.15) is 0 Å². The predicted octanol–water partition coefficient (Wildman–Crippen LogP) is 12.5. The van der Waals surface area contributed by atoms with Crippen LogP contribution in [0.2, 0.25) is 0 Å². The molecule has 0 saturated heterocycles. The highest BCUT2D eigenvalue weighted by Gasteiger charge is 2.61. The fourth-order valence-electron chi connectivity index (χ4n) is 11.6. The van der Waals surface area contributed by atoms with Crippen LogP contribution in [0.25, 0.3) is 69.9 Å². The molecule has 2 heterocycles. The lowest BCUT2D eigenvalue weighted by Gasteiger charge is -2.61. The van der Waals surface area contributed by atoms with E-state index in [1.165, 1.54) is 102 Å². The van der Waals surface area contributed by atoms with Gasteiger partial charge in [-0.25, -0.2) is 0 Å². The lowest BCUT2D eigenvalue weighted by molar-refractivity contribution is -0.0399. The molecule has 0 unspecified atom stereocenters. The summed E-state index contributed by atoms with van der Waals surface area (Å²) >= 11 is 1.89. The zero-order valence-electron chi connectivity index (χ0n) is 26.8. The van der Waals surface area contributed by atoms with Crippen molar-refractivity contribution in [2.45, 2.75) is 37.5 Å². The van der Waals surface area contributed by atoms with E-state index in [1.807, 2.05) is 11.3 Å². The third kappa shape index (κ3) is 3.27. The molecular formula is C46H35NS. The minimum Gasteiger partial charge on any atom is -0.309 e. The van der Waals surface area contributed by atoms with Crippen molar-refractivity contribution in [1.29, 1.82) is 0 Å². The minimum atomic E-state index is 0.211. The van der Waals surface area contributed by atoms with Crippen molar-refractivity contribution in [3.63, 3.8) is 0 Å². The van der Waals surface area contributed by atoms with Gasteiger partial charge in [-0.15, -0.1) is 11.3 Å². The molecule has 0 radical (unpaired) electrons. The largest absolute Gasteiger partial charge is 0.309 e. The normalized spacial score (nSPS) is 25.2. The first-order chi connectivity index (χ1) is 23.7. The van der Waals surface area contributed by atoms with Gasteiger partial charge < -0.3 is 4.57 Å². The topological polar surface area (TPSA) is 4.93 Å². The molecule has 1 spiro atoms. The van der Waals surface area contributed by atoms with E-state index in [4.69, 9.17) is 0 Å². The highest BCUT2D eigenvalue weighted by Crippen LogP contribution is 2.69. The standard InChI is InChI=1S/C46H35NS/c1-4-10-40-34(7-1)37-26-33(15-16-41(37)46(40)31-20-27-19-28(22-31)23-32(46)21-27)47-42-11-5-2-8-35(42)38-24-29(13-17-43(38)47)30-14-18-45-39(25-30)36-9-3-6-12-44(36)48-45/h1-18,24-28,31-32H,19-23H2. The van der Waals surface area contributed by atoms with Crippen molar-refractivity contribution >= 4 is 53.3 Å². The summed E-state index contributed by atoms with van der Waals surface area (Å²) in [4.78, 5) is 0. The summed E-state index contributed by atoms with van der Waals surface area (Å²) in [7, 11) is 0. The maximum atomic E-state index is 2.56. The summed E-state index contributed by atoms with van der Waals surface area (Å²) < 4.78 is 5.23. The average molecular weight is 634 g/mol. The first-order valence-electron chi connectivity index (χ1n) is 17.9. The molecule has 4 saturated carbocycles. The van der Waals surface area contributed by atoms with E-state index in [0.717, 1.165) is 23.7 Å². The second-order valence-corrected chi connectivity index (χ2v) is 16.4. The van der Waals surface area contributed by atoms with Crippen LogP contribution < -0.4 is 0 Å². The highest BCUT2D eigenvalue weighted by molar-refractivity contribution is 7.25. The van der Waals surface area contributed by atoms with Crippen LogP contribution in [-0.4, -0.2) is 4.57 Å². The van der Waals surface area contributed by atoms with Crippen LogP contribution in [0.3, 0.4) is 0 Å². The summed E-state index contributed by atoms with van der Waals surface area (Å²) in [5, 5.41) is 5.34. The minimum absolute atomic E-state index is 0.211. The SMILES string of the molecule is c1ccc2c(c1)-c1cc(-n3c4ccccc4c4cc(-c5ccc6sc7ccccc7c6c5)ccc43)ccc1C21C2CC3CC(C2)CC1C3. The summed E-state index contributed by atoms with van der Waals surface area (Å²) in [6.45, 7) is 0. The van der Waals surface area contributed by atoms with E-state index < -0.39 is 0 Å². The molecule has 6 aromatic carbocycles. The molecular weight excluding hydrogens is 599 g/mol. The quantitative estimate of drug-likeness (QED) is 0.178. The van der Waals surface area contributed by atoms with E-state index in [1.54, 1.807) is 11.1 Å². The Morgan fingerprint density at radius 1 is 0.479 bits per heavy atom. The third-order valence-corrected chi connectivity index (χ3v) is 14.3. The number of hydrogen-bond donors (Lipinski definition) is 0. The van der Waals surface area contributed by atoms with Crippen LogP contribution in [0.4, 0.5) is 0 Å². The van der Waals surface area contributed by atoms with Gasteiger partial charge in [0, 0.05) is 42.0 Å². The van der Waals surface area contributed by atoms with Crippen molar-refractivity contribution in [2.24, 2.45) is 23.7 Å². The average Bonchev–Trinajstić information content (AvgIpc) is 3.76. The number of rotatable bonds is 2. The number of benzene rings is 6. The molecule has 0 aliphatic heterocycles. The van der Waals surface area contributed by atoms with Gasteiger partial charge in [0.2, 0.25) is 0 Å². The summed E-state index contributed by atoms with van der Waals surface area (Å²) in [5.74, 6) is 3.50. The van der Waals surface area contributed by atoms with Gasteiger partial charge in [0.05, 0.1) is 11.0 Å². The number of fused-ring (bicyclic) bond motifs is 9. The molecule has 5 aliphatic carbocycles. The van der Waals surface area contributed by atoms with Gasteiger partial charge in [-0.2, -0.15) is 0 Å². The lowest BCUT2D eigenvalue weighted by Crippen LogP contribution is -2.55. The van der Waals surface area contributed by atoms with Crippen LogP contribution >= 0.6 is 11.3 Å². The Bertz CT molecular complexity index is 2620. The number of hydrogen-bond acceptors (Lipinski definition) is 1. The fraction of sp³-hybridized carbons (Fsp3) is 0.217. The molecule has 2 heteroatoms. The van der Waals surface area contributed by atoms with E-state index in [0.29, 0.717) is 0 Å². The van der Waals surface area contributed by atoms with E-state index in [2.05, 4.69) is 132 Å². The maximum Gasteiger partial charge on any atom is 0.0541 e. The van der Waals surface area contributed by atoms with Crippen LogP contribution in [-0.2, 0) is 5.41 Å². The smallest absolute Gasteiger partial charge is 0.0541 e. The van der Waals surface area contributed by atoms with Crippen LogP contribution in [0.5, 0.6) is 0 Å². The molecule has 2 aromatic heterocycles. The van der Waals surface area contributed by atoms with Crippen LogP contribution in [0, 0.1) is 23.7 Å². The Morgan fingerprint density at radius 2 is 1.12 bits per heavy atom. The second-order valence-electron chi connectivity index (χ2n) is 15.3. The number of thiophene rings is 1. The predicted molar refractivity (Wildman–Crippen MR) is 202 cm³/mol. The molecule has 0 N–H and O–H groups in total. The fourth-order valence-corrected chi connectivity index (χ4v) is 12.7. The first kappa shape index (κ1) is 26.3. The summed E-state index contributed by atoms with van der Waals surface area (Å²) in [6, 6.07) is 49.0. The van der Waals surface area contributed by atoms with Crippen LogP contribution in [0.15, 0.2) is 127 Å². The molecule has 13 rings (SSSR count). The van der Waals surface area contributed by atoms with Crippen molar-refractivity contribution in [3.05, 3.63) is 139 Å². The van der Waals surface area contributed by atoms with Gasteiger partial charge in [-0.05, 0) is 138 Å². The monoisotopic (exact) mass is 633 g/mol. The first-order valence-corrected chi connectivity index (χ1v) is 18.8. The Kier molecular flexibility index (Phi) is 5.08. The Labute approximate surface area is 284 Å². The Hall–Kier alpha value is -4.66. The van der Waals surface area contributed by atoms with Gasteiger partial charge in [0.15, 0.2) is 0 Å². The van der Waals surface area contributed by atoms with Crippen LogP contribution in [0.1, 0.15) is 43.2 Å². The molecule has 8 aromatic rings. The molecule has 4 fully saturated rings.